The molecular formula is C13H14N4S. The number of aryl methyl sites for hydroxylation is 1. The summed E-state index contributed by atoms with van der Waals surface area (Å²) in [6.07, 6.45) is 8.45. The number of pyridine rings is 1. The van der Waals surface area contributed by atoms with Crippen LogP contribution in [0.25, 0.3) is 4.96 Å². The topological polar surface area (TPSA) is 56.2 Å². The van der Waals surface area contributed by atoms with Crippen molar-refractivity contribution >= 4 is 16.3 Å². The molecular weight excluding hydrogens is 244 g/mol. The van der Waals surface area contributed by atoms with Gasteiger partial charge in [0.15, 0.2) is 4.96 Å². The Kier molecular flexibility index (Phi) is 2.85. The summed E-state index contributed by atoms with van der Waals surface area (Å²) < 4.78 is 2.03. The molecule has 0 aliphatic carbocycles. The molecule has 3 aromatic heterocycles. The van der Waals surface area contributed by atoms with E-state index in [-0.39, 0.29) is 6.04 Å². The monoisotopic (exact) mass is 258 g/mol. The van der Waals surface area contributed by atoms with Crippen LogP contribution in [0.4, 0.5) is 0 Å². The van der Waals surface area contributed by atoms with Crippen molar-refractivity contribution in [2.75, 3.05) is 0 Å². The first-order valence-electron chi connectivity index (χ1n) is 5.80. The number of rotatable bonds is 3. The molecule has 2 N–H and O–H groups in total. The minimum absolute atomic E-state index is 0.0537. The number of nitrogens with zero attached hydrogens (tertiary/aromatic N) is 3. The van der Waals surface area contributed by atoms with Gasteiger partial charge >= 0.3 is 0 Å². The Morgan fingerprint density at radius 1 is 1.44 bits per heavy atom. The molecule has 0 saturated carbocycles. The molecule has 0 saturated heterocycles. The molecule has 0 spiro atoms. The van der Waals surface area contributed by atoms with Gasteiger partial charge in [-0.3, -0.25) is 9.38 Å². The maximum absolute atomic E-state index is 6.20. The summed E-state index contributed by atoms with van der Waals surface area (Å²) in [6.45, 7) is 2.02. The SMILES string of the molecule is Cc1cncc(C(N)Cc2cn3ccsc3n2)c1. The van der Waals surface area contributed by atoms with E-state index in [2.05, 4.69) is 16.0 Å². The zero-order valence-corrected chi connectivity index (χ0v) is 10.9. The van der Waals surface area contributed by atoms with Crippen molar-refractivity contribution in [1.82, 2.24) is 14.4 Å². The molecule has 0 amide bonds. The molecule has 4 nitrogen and oxygen atoms in total. The highest BCUT2D eigenvalue weighted by atomic mass is 32.1. The Balaban J connectivity index is 1.81. The van der Waals surface area contributed by atoms with Gasteiger partial charge in [0, 0.05) is 42.6 Å². The van der Waals surface area contributed by atoms with E-state index in [0.29, 0.717) is 0 Å². The van der Waals surface area contributed by atoms with Gasteiger partial charge in [-0.25, -0.2) is 4.98 Å². The molecule has 5 heteroatoms. The van der Waals surface area contributed by atoms with E-state index in [0.717, 1.165) is 28.2 Å². The summed E-state index contributed by atoms with van der Waals surface area (Å²) >= 11 is 1.63. The highest BCUT2D eigenvalue weighted by Crippen LogP contribution is 2.18. The summed E-state index contributed by atoms with van der Waals surface area (Å²) in [5, 5.41) is 2.02. The first-order chi connectivity index (χ1) is 8.72. The smallest absolute Gasteiger partial charge is 0.193 e. The summed E-state index contributed by atoms with van der Waals surface area (Å²) in [7, 11) is 0. The van der Waals surface area contributed by atoms with Crippen LogP contribution in [0.15, 0.2) is 36.2 Å². The van der Waals surface area contributed by atoms with Gasteiger partial charge in [-0.1, -0.05) is 6.07 Å². The lowest BCUT2D eigenvalue weighted by atomic mass is 10.0. The highest BCUT2D eigenvalue weighted by Gasteiger charge is 2.11. The van der Waals surface area contributed by atoms with E-state index in [1.54, 1.807) is 11.3 Å². The van der Waals surface area contributed by atoms with Crippen molar-refractivity contribution in [3.8, 4) is 0 Å². The van der Waals surface area contributed by atoms with E-state index < -0.39 is 0 Å². The molecule has 0 aliphatic heterocycles. The van der Waals surface area contributed by atoms with Crippen LogP contribution in [0, 0.1) is 6.92 Å². The van der Waals surface area contributed by atoms with Crippen molar-refractivity contribution < 1.29 is 0 Å². The van der Waals surface area contributed by atoms with Crippen molar-refractivity contribution in [3.05, 3.63) is 53.1 Å². The summed E-state index contributed by atoms with van der Waals surface area (Å²) in [4.78, 5) is 9.73. The lowest BCUT2D eigenvalue weighted by molar-refractivity contribution is 0.706. The van der Waals surface area contributed by atoms with Crippen LogP contribution >= 0.6 is 11.3 Å². The third-order valence-electron chi connectivity index (χ3n) is 2.90. The lowest BCUT2D eigenvalue weighted by Gasteiger charge is -2.10. The number of nitrogens with two attached hydrogens (primary N) is 1. The normalized spacial score (nSPS) is 13.0. The largest absolute Gasteiger partial charge is 0.324 e. The van der Waals surface area contributed by atoms with Gasteiger partial charge in [-0.15, -0.1) is 11.3 Å². The van der Waals surface area contributed by atoms with E-state index in [1.807, 2.05) is 41.5 Å². The third kappa shape index (κ3) is 2.14. The molecule has 3 rings (SSSR count). The van der Waals surface area contributed by atoms with Crippen molar-refractivity contribution in [1.29, 1.82) is 0 Å². The van der Waals surface area contributed by atoms with Crippen LogP contribution < -0.4 is 5.73 Å². The highest BCUT2D eigenvalue weighted by molar-refractivity contribution is 7.15. The van der Waals surface area contributed by atoms with Crippen LogP contribution in [0.3, 0.4) is 0 Å². The molecule has 3 aromatic rings. The van der Waals surface area contributed by atoms with Gasteiger partial charge in [0.1, 0.15) is 0 Å². The molecule has 18 heavy (non-hydrogen) atoms. The molecule has 1 atom stereocenters. The number of fused-ring (bicyclic) bond motifs is 1. The average molecular weight is 258 g/mol. The van der Waals surface area contributed by atoms with E-state index in [4.69, 9.17) is 5.73 Å². The molecule has 3 heterocycles. The summed E-state index contributed by atoms with van der Waals surface area (Å²) in [6, 6.07) is 2.03. The fraction of sp³-hybridized carbons (Fsp3) is 0.231. The van der Waals surface area contributed by atoms with E-state index >= 15 is 0 Å². The quantitative estimate of drug-likeness (QED) is 0.784. The molecule has 0 fully saturated rings. The summed E-state index contributed by atoms with van der Waals surface area (Å²) in [5.41, 5.74) is 9.42. The Morgan fingerprint density at radius 3 is 3.11 bits per heavy atom. The van der Waals surface area contributed by atoms with Crippen LogP contribution in [0.5, 0.6) is 0 Å². The summed E-state index contributed by atoms with van der Waals surface area (Å²) in [5.74, 6) is 0. The first kappa shape index (κ1) is 11.4. The Bertz CT molecular complexity index is 642. The third-order valence-corrected chi connectivity index (χ3v) is 3.67. The molecule has 0 bridgehead atoms. The number of imidazole rings is 1. The molecule has 0 radical (unpaired) electrons. The Hall–Kier alpha value is -1.72. The molecule has 0 aliphatic rings. The Morgan fingerprint density at radius 2 is 2.33 bits per heavy atom. The van der Waals surface area contributed by atoms with Gasteiger partial charge in [0.2, 0.25) is 0 Å². The zero-order valence-electron chi connectivity index (χ0n) is 10.1. The van der Waals surface area contributed by atoms with Crippen LogP contribution in [0.1, 0.15) is 22.9 Å². The van der Waals surface area contributed by atoms with Gasteiger partial charge in [0.05, 0.1) is 5.69 Å². The number of aromatic nitrogens is 3. The second kappa shape index (κ2) is 4.51. The standard InChI is InChI=1S/C13H14N4S/c1-9-4-10(7-15-6-9)12(14)5-11-8-17-2-3-18-13(17)16-11/h2-4,6-8,12H,5,14H2,1H3. The number of hydrogen-bond acceptors (Lipinski definition) is 4. The van der Waals surface area contributed by atoms with Gasteiger partial charge in [0.25, 0.3) is 0 Å². The van der Waals surface area contributed by atoms with Crippen LogP contribution in [0.2, 0.25) is 0 Å². The number of thiazole rings is 1. The molecule has 0 aromatic carbocycles. The molecule has 1 unspecified atom stereocenters. The lowest BCUT2D eigenvalue weighted by Crippen LogP contribution is -2.14. The maximum atomic E-state index is 6.20. The van der Waals surface area contributed by atoms with Crippen molar-refractivity contribution in [2.24, 2.45) is 5.73 Å². The molecule has 92 valence electrons. The minimum Gasteiger partial charge on any atom is -0.324 e. The van der Waals surface area contributed by atoms with E-state index in [1.165, 1.54) is 0 Å². The fourth-order valence-corrected chi connectivity index (χ4v) is 2.72. The Labute approximate surface area is 109 Å². The van der Waals surface area contributed by atoms with Crippen molar-refractivity contribution in [3.63, 3.8) is 0 Å². The van der Waals surface area contributed by atoms with Crippen LogP contribution in [-0.2, 0) is 6.42 Å². The first-order valence-corrected chi connectivity index (χ1v) is 6.68. The number of hydrogen-bond donors (Lipinski definition) is 1. The van der Waals surface area contributed by atoms with Gasteiger partial charge in [-0.2, -0.15) is 0 Å². The van der Waals surface area contributed by atoms with Gasteiger partial charge < -0.3 is 5.73 Å². The van der Waals surface area contributed by atoms with Crippen LogP contribution in [-0.4, -0.2) is 14.4 Å². The van der Waals surface area contributed by atoms with E-state index in [9.17, 15) is 0 Å². The predicted octanol–water partition coefficient (Wildman–Crippen LogP) is 2.34. The maximum Gasteiger partial charge on any atom is 0.193 e. The van der Waals surface area contributed by atoms with Crippen molar-refractivity contribution in [2.45, 2.75) is 19.4 Å². The minimum atomic E-state index is -0.0537. The second-order valence-electron chi connectivity index (χ2n) is 4.43. The van der Waals surface area contributed by atoms with Gasteiger partial charge in [-0.05, 0) is 18.1 Å². The fourth-order valence-electron chi connectivity index (χ4n) is 2.00. The average Bonchev–Trinajstić information content (AvgIpc) is 2.89. The predicted molar refractivity (Wildman–Crippen MR) is 72.7 cm³/mol. The zero-order chi connectivity index (χ0) is 12.5. The second-order valence-corrected chi connectivity index (χ2v) is 5.30.